The van der Waals surface area contributed by atoms with Gasteiger partial charge in [-0.25, -0.2) is 0 Å². The van der Waals surface area contributed by atoms with Crippen molar-refractivity contribution in [1.82, 2.24) is 0 Å². The molecule has 1 aromatic rings. The van der Waals surface area contributed by atoms with Gasteiger partial charge in [0.1, 0.15) is 0 Å². The summed E-state index contributed by atoms with van der Waals surface area (Å²) in [5.41, 5.74) is 6.81. The first-order chi connectivity index (χ1) is 8.83. The summed E-state index contributed by atoms with van der Waals surface area (Å²) in [7, 11) is 1.69. The van der Waals surface area contributed by atoms with Gasteiger partial charge in [-0.15, -0.1) is 0 Å². The Morgan fingerprint density at radius 3 is 2.61 bits per heavy atom. The van der Waals surface area contributed by atoms with Crippen molar-refractivity contribution in [2.45, 2.75) is 44.6 Å². The second-order valence-corrected chi connectivity index (χ2v) is 4.90. The fourth-order valence-electron chi connectivity index (χ4n) is 2.50. The van der Waals surface area contributed by atoms with E-state index in [9.17, 15) is 0 Å². The third-order valence-electron chi connectivity index (χ3n) is 3.51. The zero-order chi connectivity index (χ0) is 12.8. The van der Waals surface area contributed by atoms with Gasteiger partial charge in [-0.2, -0.15) is 0 Å². The van der Waals surface area contributed by atoms with E-state index in [1.807, 2.05) is 6.07 Å². The van der Waals surface area contributed by atoms with E-state index in [1.54, 1.807) is 7.11 Å². The topological polar surface area (TPSA) is 44.5 Å². The number of ether oxygens (including phenoxy) is 2. The van der Waals surface area contributed by atoms with Crippen LogP contribution < -0.4 is 15.2 Å². The lowest BCUT2D eigenvalue weighted by molar-refractivity contribution is 0.149. The molecule has 0 bridgehead atoms. The molecule has 3 heteroatoms. The minimum Gasteiger partial charge on any atom is -0.493 e. The van der Waals surface area contributed by atoms with Gasteiger partial charge < -0.3 is 15.2 Å². The molecule has 1 aromatic carbocycles. The van der Waals surface area contributed by atoms with Crippen LogP contribution in [0.15, 0.2) is 18.2 Å². The number of rotatable bonds is 5. The molecule has 1 aliphatic rings. The molecule has 100 valence electrons. The molecule has 1 saturated carbocycles. The van der Waals surface area contributed by atoms with Gasteiger partial charge in [-0.05, 0) is 56.3 Å². The zero-order valence-corrected chi connectivity index (χ0v) is 11.2. The monoisotopic (exact) mass is 249 g/mol. The van der Waals surface area contributed by atoms with Crippen LogP contribution in [0.3, 0.4) is 0 Å². The molecule has 3 nitrogen and oxygen atoms in total. The van der Waals surface area contributed by atoms with E-state index in [0.29, 0.717) is 12.6 Å². The molecule has 2 N–H and O–H groups in total. The number of benzene rings is 1. The van der Waals surface area contributed by atoms with Crippen molar-refractivity contribution >= 4 is 0 Å². The summed E-state index contributed by atoms with van der Waals surface area (Å²) < 4.78 is 11.5. The normalized spacial score (nSPS) is 16.6. The molecule has 1 aliphatic carbocycles. The molecule has 0 unspecified atom stereocenters. The Hall–Kier alpha value is -1.22. The Morgan fingerprint density at radius 2 is 1.94 bits per heavy atom. The van der Waals surface area contributed by atoms with Crippen molar-refractivity contribution in [1.29, 1.82) is 0 Å². The molecule has 2 rings (SSSR count). The first-order valence-corrected chi connectivity index (χ1v) is 6.87. The zero-order valence-electron chi connectivity index (χ0n) is 11.2. The molecule has 0 saturated heterocycles. The van der Waals surface area contributed by atoms with Crippen LogP contribution in [0.4, 0.5) is 0 Å². The highest BCUT2D eigenvalue weighted by Crippen LogP contribution is 2.32. The largest absolute Gasteiger partial charge is 0.493 e. The summed E-state index contributed by atoms with van der Waals surface area (Å²) in [5.74, 6) is 1.69. The van der Waals surface area contributed by atoms with Crippen molar-refractivity contribution < 1.29 is 9.47 Å². The number of methoxy groups -OCH3 is 1. The van der Waals surface area contributed by atoms with E-state index in [0.717, 1.165) is 30.8 Å². The van der Waals surface area contributed by atoms with Gasteiger partial charge in [0.05, 0.1) is 13.2 Å². The number of nitrogens with two attached hydrogens (primary N) is 1. The van der Waals surface area contributed by atoms with Crippen molar-refractivity contribution in [3.05, 3.63) is 23.8 Å². The first kappa shape index (κ1) is 13.2. The van der Waals surface area contributed by atoms with Crippen LogP contribution in [0.25, 0.3) is 0 Å². The Balaban J connectivity index is 2.09. The van der Waals surface area contributed by atoms with Crippen molar-refractivity contribution in [3.63, 3.8) is 0 Å². The smallest absolute Gasteiger partial charge is 0.161 e. The summed E-state index contributed by atoms with van der Waals surface area (Å²) in [6.45, 7) is 0.662. The van der Waals surface area contributed by atoms with Crippen molar-refractivity contribution in [2.75, 3.05) is 13.7 Å². The van der Waals surface area contributed by atoms with Crippen LogP contribution in [0, 0.1) is 0 Å². The third kappa shape index (κ3) is 3.39. The lowest BCUT2D eigenvalue weighted by Gasteiger charge is -2.24. The second kappa shape index (κ2) is 6.64. The van der Waals surface area contributed by atoms with Crippen molar-refractivity contribution in [3.8, 4) is 11.5 Å². The maximum atomic E-state index is 6.10. The highest BCUT2D eigenvalue weighted by Gasteiger charge is 2.17. The third-order valence-corrected chi connectivity index (χ3v) is 3.51. The quantitative estimate of drug-likeness (QED) is 0.872. The minimum atomic E-state index is 0.348. The highest BCUT2D eigenvalue weighted by atomic mass is 16.5. The average Bonchev–Trinajstić information content (AvgIpc) is 2.41. The van der Waals surface area contributed by atoms with E-state index < -0.39 is 0 Å². The van der Waals surface area contributed by atoms with Crippen LogP contribution in [-0.4, -0.2) is 19.8 Å². The minimum absolute atomic E-state index is 0.348. The van der Waals surface area contributed by atoms with Gasteiger partial charge in [0.25, 0.3) is 0 Å². The maximum Gasteiger partial charge on any atom is 0.161 e. The molecular formula is C15H23NO2. The number of hydrogen-bond donors (Lipinski definition) is 1. The van der Waals surface area contributed by atoms with E-state index in [4.69, 9.17) is 15.2 Å². The predicted octanol–water partition coefficient (Wildman–Crippen LogP) is 2.91. The maximum absolute atomic E-state index is 6.10. The first-order valence-electron chi connectivity index (χ1n) is 6.87. The van der Waals surface area contributed by atoms with Crippen LogP contribution in [0.2, 0.25) is 0 Å². The number of hydrogen-bond acceptors (Lipinski definition) is 3. The molecule has 0 radical (unpaired) electrons. The summed E-state index contributed by atoms with van der Waals surface area (Å²) in [5, 5.41) is 0. The van der Waals surface area contributed by atoms with Crippen LogP contribution in [0.1, 0.15) is 37.7 Å². The molecule has 0 spiro atoms. The van der Waals surface area contributed by atoms with Crippen LogP contribution >= 0.6 is 0 Å². The van der Waals surface area contributed by atoms with Gasteiger partial charge in [-0.1, -0.05) is 12.5 Å². The average molecular weight is 249 g/mol. The highest BCUT2D eigenvalue weighted by molar-refractivity contribution is 5.43. The molecule has 0 aliphatic heterocycles. The van der Waals surface area contributed by atoms with Crippen molar-refractivity contribution in [2.24, 2.45) is 5.73 Å². The Kier molecular flexibility index (Phi) is 4.88. The molecular weight excluding hydrogens is 226 g/mol. The SMILES string of the molecule is COc1ccc(CCN)cc1OC1CCCCC1. The summed E-state index contributed by atoms with van der Waals surface area (Å²) >= 11 is 0. The van der Waals surface area contributed by atoms with Gasteiger partial charge in [0, 0.05) is 0 Å². The second-order valence-electron chi connectivity index (χ2n) is 4.90. The van der Waals surface area contributed by atoms with Gasteiger partial charge >= 0.3 is 0 Å². The lowest BCUT2D eigenvalue weighted by atomic mass is 9.98. The Morgan fingerprint density at radius 1 is 1.17 bits per heavy atom. The van der Waals surface area contributed by atoms with Crippen LogP contribution in [-0.2, 0) is 6.42 Å². The predicted molar refractivity (Wildman–Crippen MR) is 73.3 cm³/mol. The van der Waals surface area contributed by atoms with Gasteiger partial charge in [0.15, 0.2) is 11.5 Å². The molecule has 1 fully saturated rings. The van der Waals surface area contributed by atoms with E-state index in [1.165, 1.54) is 24.8 Å². The summed E-state index contributed by atoms with van der Waals surface area (Å²) in [6, 6.07) is 6.10. The van der Waals surface area contributed by atoms with E-state index in [2.05, 4.69) is 12.1 Å². The fraction of sp³-hybridized carbons (Fsp3) is 0.600. The Bertz CT molecular complexity index is 373. The summed E-state index contributed by atoms with van der Waals surface area (Å²) in [6.07, 6.45) is 7.43. The van der Waals surface area contributed by atoms with E-state index in [-0.39, 0.29) is 0 Å². The van der Waals surface area contributed by atoms with Gasteiger partial charge in [-0.3, -0.25) is 0 Å². The Labute approximate surface area is 109 Å². The van der Waals surface area contributed by atoms with E-state index >= 15 is 0 Å². The lowest BCUT2D eigenvalue weighted by Crippen LogP contribution is -2.20. The molecule has 18 heavy (non-hydrogen) atoms. The fourth-order valence-corrected chi connectivity index (χ4v) is 2.50. The summed E-state index contributed by atoms with van der Waals surface area (Å²) in [4.78, 5) is 0. The molecule has 0 heterocycles. The molecule has 0 atom stereocenters. The standard InChI is InChI=1S/C15H23NO2/c1-17-14-8-7-12(9-10-16)11-15(14)18-13-5-3-2-4-6-13/h7-8,11,13H,2-6,9-10,16H2,1H3. The molecule has 0 amide bonds. The molecule has 0 aromatic heterocycles. The van der Waals surface area contributed by atoms with Gasteiger partial charge in [0.2, 0.25) is 0 Å². The van der Waals surface area contributed by atoms with Crippen LogP contribution in [0.5, 0.6) is 11.5 Å².